The third-order valence-corrected chi connectivity index (χ3v) is 6.02. The molecule has 0 fully saturated rings. The molecule has 4 aromatic rings. The van der Waals surface area contributed by atoms with Crippen molar-refractivity contribution in [2.45, 2.75) is 32.4 Å². The molecule has 0 saturated heterocycles. The van der Waals surface area contributed by atoms with Gasteiger partial charge in [0.25, 0.3) is 11.8 Å². The fraction of sp³-hybridized carbons (Fsp3) is 0.231. The summed E-state index contributed by atoms with van der Waals surface area (Å²) in [6, 6.07) is 14.5. The minimum Gasteiger partial charge on any atom is -0.348 e. The Hall–Kier alpha value is -4.40. The SMILES string of the molecule is CC(C)n1cnc(C2CN(C(=O)c3ccccn3)c3ccc(C(=O)NCc4ccncc4)cc32)n1. The summed E-state index contributed by atoms with van der Waals surface area (Å²) in [6.45, 7) is 4.83. The number of benzene rings is 1. The first-order valence-corrected chi connectivity index (χ1v) is 11.5. The first kappa shape index (κ1) is 22.4. The van der Waals surface area contributed by atoms with Crippen LogP contribution in [-0.4, -0.2) is 43.1 Å². The highest BCUT2D eigenvalue weighted by Crippen LogP contribution is 2.40. The van der Waals surface area contributed by atoms with Crippen molar-refractivity contribution < 1.29 is 9.59 Å². The van der Waals surface area contributed by atoms with Gasteiger partial charge in [-0.05, 0) is 67.4 Å². The van der Waals surface area contributed by atoms with Crippen LogP contribution in [0, 0.1) is 0 Å². The molecule has 3 aromatic heterocycles. The van der Waals surface area contributed by atoms with Crippen LogP contribution < -0.4 is 10.2 Å². The fourth-order valence-electron chi connectivity index (χ4n) is 4.12. The number of nitrogens with zero attached hydrogens (tertiary/aromatic N) is 6. The predicted molar refractivity (Wildman–Crippen MR) is 130 cm³/mol. The number of hydrogen-bond donors (Lipinski definition) is 1. The molecule has 9 nitrogen and oxygen atoms in total. The van der Waals surface area contributed by atoms with Crippen molar-refractivity contribution in [3.05, 3.63) is 102 Å². The largest absolute Gasteiger partial charge is 0.348 e. The highest BCUT2D eigenvalue weighted by Gasteiger charge is 2.37. The van der Waals surface area contributed by atoms with Crippen molar-refractivity contribution in [1.82, 2.24) is 30.0 Å². The number of anilines is 1. The van der Waals surface area contributed by atoms with Gasteiger partial charge < -0.3 is 10.2 Å². The maximum atomic E-state index is 13.3. The van der Waals surface area contributed by atoms with Gasteiger partial charge in [-0.1, -0.05) is 6.07 Å². The Kier molecular flexibility index (Phi) is 6.05. The standard InChI is InChI=1S/C26H25N7O2/c1-17(2)33-16-30-24(31-33)21-15-32(26(35)22-5-3-4-10-28-22)23-7-6-19(13-20(21)23)25(34)29-14-18-8-11-27-12-9-18/h3-13,16-17,21H,14-15H2,1-2H3,(H,29,34). The molecule has 0 saturated carbocycles. The second-order valence-corrected chi connectivity index (χ2v) is 8.67. The van der Waals surface area contributed by atoms with E-state index in [9.17, 15) is 9.59 Å². The normalized spacial score (nSPS) is 14.7. The van der Waals surface area contributed by atoms with Crippen LogP contribution in [0.2, 0.25) is 0 Å². The van der Waals surface area contributed by atoms with Crippen LogP contribution in [0.15, 0.2) is 73.4 Å². The number of aromatic nitrogens is 5. The van der Waals surface area contributed by atoms with E-state index in [0.717, 1.165) is 16.8 Å². The van der Waals surface area contributed by atoms with Gasteiger partial charge in [-0.25, -0.2) is 4.98 Å². The van der Waals surface area contributed by atoms with E-state index in [4.69, 9.17) is 0 Å². The van der Waals surface area contributed by atoms with Gasteiger partial charge in [0.05, 0.1) is 5.92 Å². The van der Waals surface area contributed by atoms with Gasteiger partial charge in [0, 0.05) is 49.0 Å². The molecule has 0 aliphatic carbocycles. The van der Waals surface area contributed by atoms with E-state index in [2.05, 4.69) is 25.4 Å². The van der Waals surface area contributed by atoms with E-state index in [-0.39, 0.29) is 23.8 Å². The summed E-state index contributed by atoms with van der Waals surface area (Å²) in [5.74, 6) is -0.0395. The summed E-state index contributed by atoms with van der Waals surface area (Å²) in [4.78, 5) is 40.7. The first-order valence-electron chi connectivity index (χ1n) is 11.5. The van der Waals surface area contributed by atoms with Crippen LogP contribution in [0.25, 0.3) is 0 Å². The zero-order chi connectivity index (χ0) is 24.4. The summed E-state index contributed by atoms with van der Waals surface area (Å²) >= 11 is 0. The van der Waals surface area contributed by atoms with E-state index in [1.165, 1.54) is 0 Å². The van der Waals surface area contributed by atoms with Gasteiger partial charge >= 0.3 is 0 Å². The van der Waals surface area contributed by atoms with Crippen LogP contribution in [0.5, 0.6) is 0 Å². The Balaban J connectivity index is 1.47. The number of hydrogen-bond acceptors (Lipinski definition) is 6. The van der Waals surface area contributed by atoms with E-state index < -0.39 is 0 Å². The molecule has 0 bridgehead atoms. The summed E-state index contributed by atoms with van der Waals surface area (Å²) < 4.78 is 1.80. The molecule has 1 N–H and O–H groups in total. The number of rotatable bonds is 6. The minimum absolute atomic E-state index is 0.161. The average molecular weight is 468 g/mol. The lowest BCUT2D eigenvalue weighted by Gasteiger charge is -2.17. The van der Waals surface area contributed by atoms with Gasteiger partial charge in [-0.2, -0.15) is 5.10 Å². The monoisotopic (exact) mass is 467 g/mol. The van der Waals surface area contributed by atoms with E-state index in [1.54, 1.807) is 58.8 Å². The summed E-state index contributed by atoms with van der Waals surface area (Å²) in [7, 11) is 0. The number of carbonyl (C=O) groups excluding carboxylic acids is 2. The Bertz CT molecular complexity index is 1350. The molecule has 4 heterocycles. The third kappa shape index (κ3) is 4.52. The van der Waals surface area contributed by atoms with Crippen LogP contribution in [-0.2, 0) is 6.54 Å². The van der Waals surface area contributed by atoms with E-state index in [0.29, 0.717) is 30.2 Å². The molecule has 9 heteroatoms. The van der Waals surface area contributed by atoms with Crippen LogP contribution in [0.1, 0.15) is 63.6 Å². The fourth-order valence-corrected chi connectivity index (χ4v) is 4.12. The van der Waals surface area contributed by atoms with Gasteiger partial charge in [0.1, 0.15) is 12.0 Å². The minimum atomic E-state index is -0.259. The molecule has 0 spiro atoms. The summed E-state index contributed by atoms with van der Waals surface area (Å²) in [6.07, 6.45) is 6.69. The summed E-state index contributed by atoms with van der Waals surface area (Å²) in [5.41, 5.74) is 3.41. The molecular weight excluding hydrogens is 442 g/mol. The van der Waals surface area contributed by atoms with Crippen molar-refractivity contribution in [1.29, 1.82) is 0 Å². The molecule has 0 radical (unpaired) electrons. The molecule has 1 aliphatic heterocycles. The van der Waals surface area contributed by atoms with Gasteiger partial charge in [-0.3, -0.25) is 24.2 Å². The highest BCUT2D eigenvalue weighted by atomic mass is 16.2. The number of pyridine rings is 2. The smallest absolute Gasteiger partial charge is 0.276 e. The van der Waals surface area contributed by atoms with E-state index >= 15 is 0 Å². The van der Waals surface area contributed by atoms with Gasteiger partial charge in [0.15, 0.2) is 5.82 Å². The molecule has 1 unspecified atom stereocenters. The number of amides is 2. The maximum absolute atomic E-state index is 13.3. The Labute approximate surface area is 202 Å². The zero-order valence-corrected chi connectivity index (χ0v) is 19.5. The van der Waals surface area contributed by atoms with Crippen molar-refractivity contribution in [3.63, 3.8) is 0 Å². The Morgan fingerprint density at radius 2 is 1.89 bits per heavy atom. The Morgan fingerprint density at radius 3 is 2.60 bits per heavy atom. The molecule has 1 aromatic carbocycles. The lowest BCUT2D eigenvalue weighted by molar-refractivity contribution is 0.0949. The second-order valence-electron chi connectivity index (χ2n) is 8.67. The lowest BCUT2D eigenvalue weighted by atomic mass is 9.98. The molecule has 35 heavy (non-hydrogen) atoms. The van der Waals surface area contributed by atoms with Crippen molar-refractivity contribution in [3.8, 4) is 0 Å². The molecule has 2 amide bonds. The topological polar surface area (TPSA) is 106 Å². The lowest BCUT2D eigenvalue weighted by Crippen LogP contribution is -2.30. The third-order valence-electron chi connectivity index (χ3n) is 6.02. The second kappa shape index (κ2) is 9.46. The summed E-state index contributed by atoms with van der Waals surface area (Å²) in [5, 5.41) is 7.60. The average Bonchev–Trinajstić information content (AvgIpc) is 3.53. The molecular formula is C26H25N7O2. The maximum Gasteiger partial charge on any atom is 0.276 e. The number of fused-ring (bicyclic) bond motifs is 1. The predicted octanol–water partition coefficient (Wildman–Crippen LogP) is 3.37. The number of nitrogens with one attached hydrogen (secondary N) is 1. The van der Waals surface area contributed by atoms with Crippen LogP contribution >= 0.6 is 0 Å². The van der Waals surface area contributed by atoms with Crippen molar-refractivity contribution >= 4 is 17.5 Å². The highest BCUT2D eigenvalue weighted by molar-refractivity contribution is 6.07. The molecule has 1 aliphatic rings. The molecule has 1 atom stereocenters. The van der Waals surface area contributed by atoms with E-state index in [1.807, 2.05) is 38.1 Å². The zero-order valence-electron chi connectivity index (χ0n) is 19.5. The van der Waals surface area contributed by atoms with Crippen molar-refractivity contribution in [2.24, 2.45) is 0 Å². The molecule has 5 rings (SSSR count). The first-order chi connectivity index (χ1) is 17.0. The van der Waals surface area contributed by atoms with Gasteiger partial charge in [-0.15, -0.1) is 0 Å². The Morgan fingerprint density at radius 1 is 1.06 bits per heavy atom. The van der Waals surface area contributed by atoms with Crippen molar-refractivity contribution in [2.75, 3.05) is 11.4 Å². The number of carbonyl (C=O) groups is 2. The quantitative estimate of drug-likeness (QED) is 0.466. The van der Waals surface area contributed by atoms with Crippen LogP contribution in [0.4, 0.5) is 5.69 Å². The van der Waals surface area contributed by atoms with Crippen LogP contribution in [0.3, 0.4) is 0 Å². The van der Waals surface area contributed by atoms with Gasteiger partial charge in [0.2, 0.25) is 0 Å². The molecule has 176 valence electrons.